The summed E-state index contributed by atoms with van der Waals surface area (Å²) >= 11 is 12.2. The van der Waals surface area contributed by atoms with Crippen LogP contribution in [0.15, 0.2) is 46.9 Å². The van der Waals surface area contributed by atoms with Crippen LogP contribution in [0, 0.1) is 6.92 Å². The molecule has 0 N–H and O–H groups in total. The Kier molecular flexibility index (Phi) is 5.59. The topological polar surface area (TPSA) is 65.2 Å². The van der Waals surface area contributed by atoms with Gasteiger partial charge in [-0.1, -0.05) is 47.0 Å². The van der Waals surface area contributed by atoms with Crippen LogP contribution in [0.3, 0.4) is 0 Å². The number of carbonyl (C=O) groups excluding carboxylic acids is 1. The fourth-order valence-electron chi connectivity index (χ4n) is 2.35. The number of aryl methyl sites for hydroxylation is 1. The molecule has 0 aliphatic carbocycles. The third-order valence-corrected chi connectivity index (χ3v) is 4.49. The van der Waals surface area contributed by atoms with Crippen LogP contribution in [0.5, 0.6) is 0 Å². The summed E-state index contributed by atoms with van der Waals surface area (Å²) in [5.74, 6) is 0.110. The minimum atomic E-state index is -0.685. The zero-order chi connectivity index (χ0) is 18.7. The molecule has 0 aliphatic heterocycles. The van der Waals surface area contributed by atoms with Crippen molar-refractivity contribution in [3.8, 4) is 11.5 Å². The van der Waals surface area contributed by atoms with Crippen LogP contribution >= 0.6 is 23.2 Å². The van der Waals surface area contributed by atoms with Crippen LogP contribution < -0.4 is 0 Å². The number of benzene rings is 2. The highest BCUT2D eigenvalue weighted by Crippen LogP contribution is 2.27. The monoisotopic (exact) mass is 390 g/mol. The van der Waals surface area contributed by atoms with Crippen molar-refractivity contribution in [2.24, 2.45) is 0 Å². The highest BCUT2D eigenvalue weighted by atomic mass is 35.5. The molecule has 0 spiro atoms. The number of nitrogens with zero attached hydrogens (tertiary/aromatic N) is 2. The lowest BCUT2D eigenvalue weighted by molar-refractivity contribution is -0.148. The Balaban J connectivity index is 1.67. The van der Waals surface area contributed by atoms with E-state index in [2.05, 4.69) is 10.2 Å². The first-order valence-corrected chi connectivity index (χ1v) is 8.72. The second-order valence-corrected chi connectivity index (χ2v) is 6.63. The molecule has 5 nitrogen and oxygen atoms in total. The molecular formula is C19H16Cl2N2O3. The predicted octanol–water partition coefficient (Wildman–Crippen LogP) is 5.20. The summed E-state index contributed by atoms with van der Waals surface area (Å²) in [5, 5.41) is 8.81. The van der Waals surface area contributed by atoms with Crippen molar-refractivity contribution in [2.45, 2.75) is 26.4 Å². The number of ether oxygens (including phenoxy) is 1. The highest BCUT2D eigenvalue weighted by Gasteiger charge is 2.20. The normalized spacial score (nSPS) is 12.0. The Hall–Kier alpha value is -2.37. The van der Waals surface area contributed by atoms with Gasteiger partial charge in [-0.2, -0.15) is 0 Å². The maximum absolute atomic E-state index is 12.2. The lowest BCUT2D eigenvalue weighted by atomic mass is 10.1. The molecule has 0 saturated carbocycles. The molecule has 0 saturated heterocycles. The maximum atomic E-state index is 12.2. The van der Waals surface area contributed by atoms with E-state index in [1.807, 2.05) is 31.2 Å². The minimum absolute atomic E-state index is 0.0399. The molecule has 0 radical (unpaired) electrons. The van der Waals surface area contributed by atoms with Crippen LogP contribution in [-0.2, 0) is 16.0 Å². The molecular weight excluding hydrogens is 375 g/mol. The molecule has 134 valence electrons. The Bertz CT molecular complexity index is 903. The number of esters is 1. The summed E-state index contributed by atoms with van der Waals surface area (Å²) in [4.78, 5) is 12.2. The van der Waals surface area contributed by atoms with E-state index in [1.54, 1.807) is 25.1 Å². The zero-order valence-corrected chi connectivity index (χ0v) is 15.7. The number of hydrogen-bond donors (Lipinski definition) is 0. The number of carbonyl (C=O) groups is 1. The Morgan fingerprint density at radius 3 is 2.42 bits per heavy atom. The number of hydrogen-bond acceptors (Lipinski definition) is 5. The van der Waals surface area contributed by atoms with Crippen molar-refractivity contribution in [1.82, 2.24) is 10.2 Å². The van der Waals surface area contributed by atoms with E-state index < -0.39 is 12.1 Å². The van der Waals surface area contributed by atoms with E-state index in [-0.39, 0.29) is 12.3 Å². The van der Waals surface area contributed by atoms with E-state index in [1.165, 1.54) is 0 Å². The Morgan fingerprint density at radius 1 is 1.12 bits per heavy atom. The first-order chi connectivity index (χ1) is 12.4. The molecule has 0 bridgehead atoms. The maximum Gasteiger partial charge on any atom is 0.311 e. The van der Waals surface area contributed by atoms with Gasteiger partial charge in [-0.3, -0.25) is 4.79 Å². The smallest absolute Gasteiger partial charge is 0.311 e. The van der Waals surface area contributed by atoms with Crippen molar-refractivity contribution in [2.75, 3.05) is 0 Å². The molecule has 0 fully saturated rings. The van der Waals surface area contributed by atoms with Gasteiger partial charge in [-0.05, 0) is 38.1 Å². The standard InChI is InChI=1S/C19H16Cl2N2O3/c1-11-6-8-13(9-7-11)19-23-22-18(26-19)12(2)25-17(24)10-14-15(20)4-3-5-16(14)21/h3-9,12H,10H2,1-2H3/t12-/m1/s1. The summed E-state index contributed by atoms with van der Waals surface area (Å²) in [5.41, 5.74) is 2.46. The quantitative estimate of drug-likeness (QED) is 0.560. The van der Waals surface area contributed by atoms with Gasteiger partial charge in [0, 0.05) is 21.2 Å². The second-order valence-electron chi connectivity index (χ2n) is 5.82. The molecule has 1 atom stereocenters. The highest BCUT2D eigenvalue weighted by molar-refractivity contribution is 6.36. The number of halogens is 2. The minimum Gasteiger partial charge on any atom is -0.452 e. The van der Waals surface area contributed by atoms with Crippen molar-refractivity contribution < 1.29 is 13.9 Å². The molecule has 26 heavy (non-hydrogen) atoms. The van der Waals surface area contributed by atoms with Gasteiger partial charge in [-0.25, -0.2) is 0 Å². The third kappa shape index (κ3) is 4.23. The molecule has 3 rings (SSSR count). The molecule has 1 heterocycles. The van der Waals surface area contributed by atoms with Gasteiger partial charge in [0.25, 0.3) is 5.89 Å². The van der Waals surface area contributed by atoms with Crippen molar-refractivity contribution >= 4 is 29.2 Å². The van der Waals surface area contributed by atoms with Gasteiger partial charge in [0.05, 0.1) is 6.42 Å². The second kappa shape index (κ2) is 7.89. The van der Waals surface area contributed by atoms with E-state index in [0.717, 1.165) is 11.1 Å². The van der Waals surface area contributed by atoms with Gasteiger partial charge in [0.2, 0.25) is 5.89 Å². The van der Waals surface area contributed by atoms with Gasteiger partial charge >= 0.3 is 5.97 Å². The van der Waals surface area contributed by atoms with Crippen LogP contribution in [0.25, 0.3) is 11.5 Å². The fourth-order valence-corrected chi connectivity index (χ4v) is 2.88. The summed E-state index contributed by atoms with van der Waals surface area (Å²) in [6.45, 7) is 3.66. The summed E-state index contributed by atoms with van der Waals surface area (Å²) < 4.78 is 11.0. The molecule has 7 heteroatoms. The number of aromatic nitrogens is 2. The molecule has 0 unspecified atom stereocenters. The summed E-state index contributed by atoms with van der Waals surface area (Å²) in [6.07, 6.45) is -0.725. The predicted molar refractivity (Wildman–Crippen MR) is 99.1 cm³/mol. The van der Waals surface area contributed by atoms with Gasteiger partial charge in [-0.15, -0.1) is 10.2 Å². The summed E-state index contributed by atoms with van der Waals surface area (Å²) in [6, 6.07) is 12.8. The molecule has 0 aliphatic rings. The fraction of sp³-hybridized carbons (Fsp3) is 0.211. The first-order valence-electron chi connectivity index (χ1n) is 7.97. The average Bonchev–Trinajstić information content (AvgIpc) is 3.09. The molecule has 2 aromatic carbocycles. The van der Waals surface area contributed by atoms with Crippen LogP contribution in [0.4, 0.5) is 0 Å². The van der Waals surface area contributed by atoms with Crippen molar-refractivity contribution in [3.05, 3.63) is 69.5 Å². The van der Waals surface area contributed by atoms with Crippen molar-refractivity contribution in [3.63, 3.8) is 0 Å². The van der Waals surface area contributed by atoms with Crippen LogP contribution in [0.2, 0.25) is 10.0 Å². The SMILES string of the molecule is Cc1ccc(-c2nnc([C@@H](C)OC(=O)Cc3c(Cl)cccc3Cl)o2)cc1. The van der Waals surface area contributed by atoms with Crippen LogP contribution in [0.1, 0.15) is 30.0 Å². The number of rotatable bonds is 5. The van der Waals surface area contributed by atoms with E-state index in [0.29, 0.717) is 21.5 Å². The van der Waals surface area contributed by atoms with Crippen molar-refractivity contribution in [1.29, 1.82) is 0 Å². The lowest BCUT2D eigenvalue weighted by Crippen LogP contribution is -2.12. The first kappa shape index (κ1) is 18.4. The Morgan fingerprint density at radius 2 is 1.77 bits per heavy atom. The van der Waals surface area contributed by atoms with Gasteiger partial charge in [0.15, 0.2) is 6.10 Å². The van der Waals surface area contributed by atoms with E-state index in [4.69, 9.17) is 32.4 Å². The molecule has 3 aromatic rings. The van der Waals surface area contributed by atoms with E-state index >= 15 is 0 Å². The average molecular weight is 391 g/mol. The van der Waals surface area contributed by atoms with Gasteiger partial charge < -0.3 is 9.15 Å². The van der Waals surface area contributed by atoms with E-state index in [9.17, 15) is 4.79 Å². The zero-order valence-electron chi connectivity index (χ0n) is 14.2. The lowest BCUT2D eigenvalue weighted by Gasteiger charge is -2.11. The largest absolute Gasteiger partial charge is 0.452 e. The third-order valence-electron chi connectivity index (χ3n) is 3.78. The van der Waals surface area contributed by atoms with Crippen LogP contribution in [-0.4, -0.2) is 16.2 Å². The summed E-state index contributed by atoms with van der Waals surface area (Å²) in [7, 11) is 0. The van der Waals surface area contributed by atoms with Gasteiger partial charge in [0.1, 0.15) is 0 Å². The molecule has 1 aromatic heterocycles. The Labute approximate surface area is 160 Å². The molecule has 0 amide bonds.